The summed E-state index contributed by atoms with van der Waals surface area (Å²) >= 11 is 6.00. The highest BCUT2D eigenvalue weighted by atomic mass is 35.5. The van der Waals surface area contributed by atoms with E-state index < -0.39 is 0 Å². The molecule has 1 aliphatic heterocycles. The molecule has 0 bridgehead atoms. The summed E-state index contributed by atoms with van der Waals surface area (Å²) in [6.07, 6.45) is 4.31. The number of pyridine rings is 1. The molecule has 0 unspecified atom stereocenters. The third-order valence-corrected chi connectivity index (χ3v) is 4.03. The molecule has 1 fully saturated rings. The van der Waals surface area contributed by atoms with Gasteiger partial charge < -0.3 is 10.2 Å². The van der Waals surface area contributed by atoms with Crippen LogP contribution < -0.4 is 10.2 Å². The molecule has 0 radical (unpaired) electrons. The fourth-order valence-electron chi connectivity index (χ4n) is 2.49. The summed E-state index contributed by atoms with van der Waals surface area (Å²) in [7, 11) is 0. The van der Waals surface area contributed by atoms with E-state index in [9.17, 15) is 4.39 Å². The Morgan fingerprint density at radius 2 is 2.00 bits per heavy atom. The smallest absolute Gasteiger partial charge is 0.128 e. The molecule has 3 rings (SSSR count). The van der Waals surface area contributed by atoms with Crippen molar-refractivity contribution in [2.24, 2.45) is 0 Å². The second-order valence-corrected chi connectivity index (χ2v) is 5.60. The summed E-state index contributed by atoms with van der Waals surface area (Å²) in [5.41, 5.74) is 1.79. The number of nitrogens with zero attached hydrogens (tertiary/aromatic N) is 2. The molecule has 0 aliphatic carbocycles. The Hall–Kier alpha value is -1.81. The van der Waals surface area contributed by atoms with E-state index in [1.165, 1.54) is 25.0 Å². The van der Waals surface area contributed by atoms with E-state index in [0.29, 0.717) is 11.6 Å². The summed E-state index contributed by atoms with van der Waals surface area (Å²) < 4.78 is 13.0. The van der Waals surface area contributed by atoms with Gasteiger partial charge in [-0.05, 0) is 42.7 Å². The van der Waals surface area contributed by atoms with Gasteiger partial charge in [-0.15, -0.1) is 0 Å². The Morgan fingerprint density at radius 1 is 1.19 bits per heavy atom. The zero-order chi connectivity index (χ0) is 14.7. The number of aromatic nitrogens is 1. The van der Waals surface area contributed by atoms with Crippen LogP contribution in [0.2, 0.25) is 5.02 Å². The molecule has 2 aromatic rings. The number of rotatable bonds is 4. The van der Waals surface area contributed by atoms with Gasteiger partial charge in [0.15, 0.2) is 0 Å². The highest BCUT2D eigenvalue weighted by Gasteiger charge is 2.12. The van der Waals surface area contributed by atoms with E-state index in [0.717, 1.165) is 30.2 Å². The van der Waals surface area contributed by atoms with Crippen molar-refractivity contribution in [3.8, 4) is 0 Å². The number of hydrogen-bond donors (Lipinski definition) is 1. The number of anilines is 2. The predicted octanol–water partition coefficient (Wildman–Crippen LogP) is 4.09. The molecular formula is C16H17ClFN3. The molecule has 0 saturated carbocycles. The van der Waals surface area contributed by atoms with E-state index in [1.807, 2.05) is 18.3 Å². The Labute approximate surface area is 128 Å². The van der Waals surface area contributed by atoms with Gasteiger partial charge in [0, 0.05) is 24.7 Å². The first-order valence-corrected chi connectivity index (χ1v) is 7.49. The highest BCUT2D eigenvalue weighted by molar-refractivity contribution is 6.31. The molecule has 3 nitrogen and oxygen atoms in total. The van der Waals surface area contributed by atoms with Gasteiger partial charge in [-0.1, -0.05) is 17.7 Å². The molecule has 0 atom stereocenters. The van der Waals surface area contributed by atoms with Gasteiger partial charge in [0.2, 0.25) is 0 Å². The van der Waals surface area contributed by atoms with Crippen LogP contribution in [0, 0.1) is 5.82 Å². The van der Waals surface area contributed by atoms with Gasteiger partial charge in [0.25, 0.3) is 0 Å². The van der Waals surface area contributed by atoms with Gasteiger partial charge in [-0.2, -0.15) is 0 Å². The van der Waals surface area contributed by atoms with E-state index >= 15 is 0 Å². The normalized spacial score (nSPS) is 14.5. The first-order chi connectivity index (χ1) is 10.2. The maximum atomic E-state index is 13.0. The van der Waals surface area contributed by atoms with Crippen LogP contribution in [0.1, 0.15) is 18.4 Å². The maximum absolute atomic E-state index is 13.0. The summed E-state index contributed by atoms with van der Waals surface area (Å²) in [5, 5.41) is 3.69. The Balaban J connectivity index is 1.62. The summed E-state index contributed by atoms with van der Waals surface area (Å²) in [5.74, 6) is 0.707. The van der Waals surface area contributed by atoms with Crippen molar-refractivity contribution in [3.63, 3.8) is 0 Å². The van der Waals surface area contributed by atoms with Crippen LogP contribution in [0.5, 0.6) is 0 Å². The zero-order valence-electron chi connectivity index (χ0n) is 11.6. The molecule has 2 heterocycles. The SMILES string of the molecule is Fc1ccc(CNc2ccc(N3CCCC3)nc2)c(Cl)c1. The molecule has 110 valence electrons. The highest BCUT2D eigenvalue weighted by Crippen LogP contribution is 2.21. The van der Waals surface area contributed by atoms with Crippen molar-refractivity contribution in [2.75, 3.05) is 23.3 Å². The lowest BCUT2D eigenvalue weighted by molar-refractivity contribution is 0.627. The van der Waals surface area contributed by atoms with Crippen molar-refractivity contribution < 1.29 is 4.39 Å². The van der Waals surface area contributed by atoms with Crippen LogP contribution in [0.4, 0.5) is 15.9 Å². The van der Waals surface area contributed by atoms with Crippen molar-refractivity contribution in [1.82, 2.24) is 4.98 Å². The third-order valence-electron chi connectivity index (χ3n) is 3.68. The van der Waals surface area contributed by atoms with Crippen molar-refractivity contribution in [3.05, 3.63) is 52.9 Å². The zero-order valence-corrected chi connectivity index (χ0v) is 12.4. The fourth-order valence-corrected chi connectivity index (χ4v) is 2.72. The Morgan fingerprint density at radius 3 is 2.67 bits per heavy atom. The van der Waals surface area contributed by atoms with E-state index in [1.54, 1.807) is 6.07 Å². The Bertz CT molecular complexity index is 609. The van der Waals surface area contributed by atoms with Crippen LogP contribution in [0.15, 0.2) is 36.5 Å². The molecule has 1 aromatic heterocycles. The van der Waals surface area contributed by atoms with Crippen molar-refractivity contribution >= 4 is 23.1 Å². The Kier molecular flexibility index (Phi) is 4.25. The first-order valence-electron chi connectivity index (χ1n) is 7.11. The summed E-state index contributed by atoms with van der Waals surface area (Å²) in [4.78, 5) is 6.77. The largest absolute Gasteiger partial charge is 0.380 e. The van der Waals surface area contributed by atoms with Crippen LogP contribution in [-0.2, 0) is 6.54 Å². The summed E-state index contributed by atoms with van der Waals surface area (Å²) in [6.45, 7) is 2.72. The lowest BCUT2D eigenvalue weighted by atomic mass is 10.2. The molecular weight excluding hydrogens is 289 g/mol. The fraction of sp³-hybridized carbons (Fsp3) is 0.312. The molecule has 1 aliphatic rings. The van der Waals surface area contributed by atoms with Gasteiger partial charge in [-0.25, -0.2) is 9.37 Å². The number of hydrogen-bond acceptors (Lipinski definition) is 3. The minimum absolute atomic E-state index is 0.319. The number of nitrogens with one attached hydrogen (secondary N) is 1. The minimum atomic E-state index is -0.319. The summed E-state index contributed by atoms with van der Waals surface area (Å²) in [6, 6.07) is 8.47. The monoisotopic (exact) mass is 305 g/mol. The first kappa shape index (κ1) is 14.1. The lowest BCUT2D eigenvalue weighted by Gasteiger charge is -2.16. The quantitative estimate of drug-likeness (QED) is 0.922. The van der Waals surface area contributed by atoms with Crippen molar-refractivity contribution in [2.45, 2.75) is 19.4 Å². The molecule has 5 heteroatoms. The molecule has 1 aromatic carbocycles. The van der Waals surface area contributed by atoms with E-state index in [-0.39, 0.29) is 5.82 Å². The molecule has 1 N–H and O–H groups in total. The van der Waals surface area contributed by atoms with E-state index in [2.05, 4.69) is 15.2 Å². The average molecular weight is 306 g/mol. The van der Waals surface area contributed by atoms with Crippen LogP contribution in [0.25, 0.3) is 0 Å². The number of halogens is 2. The molecule has 0 spiro atoms. The number of benzene rings is 1. The topological polar surface area (TPSA) is 28.2 Å². The van der Waals surface area contributed by atoms with Gasteiger partial charge >= 0.3 is 0 Å². The maximum Gasteiger partial charge on any atom is 0.128 e. The third kappa shape index (κ3) is 3.45. The molecule has 1 saturated heterocycles. The van der Waals surface area contributed by atoms with Crippen LogP contribution in [0.3, 0.4) is 0 Å². The van der Waals surface area contributed by atoms with Gasteiger partial charge in [-0.3, -0.25) is 0 Å². The van der Waals surface area contributed by atoms with Crippen molar-refractivity contribution in [1.29, 1.82) is 0 Å². The second kappa shape index (κ2) is 6.31. The second-order valence-electron chi connectivity index (χ2n) is 5.19. The minimum Gasteiger partial charge on any atom is -0.380 e. The van der Waals surface area contributed by atoms with Gasteiger partial charge in [0.1, 0.15) is 11.6 Å². The standard InChI is InChI=1S/C16H17ClFN3/c17-15-9-13(18)4-3-12(15)10-19-14-5-6-16(20-11-14)21-7-1-2-8-21/h3-6,9,11,19H,1-2,7-8,10H2. The van der Waals surface area contributed by atoms with Crippen LogP contribution in [-0.4, -0.2) is 18.1 Å². The van der Waals surface area contributed by atoms with E-state index in [4.69, 9.17) is 11.6 Å². The molecule has 0 amide bonds. The average Bonchev–Trinajstić information content (AvgIpc) is 3.01. The van der Waals surface area contributed by atoms with Gasteiger partial charge in [0.05, 0.1) is 11.9 Å². The lowest BCUT2D eigenvalue weighted by Crippen LogP contribution is -2.18. The van der Waals surface area contributed by atoms with Crippen LogP contribution >= 0.6 is 11.6 Å². The molecule has 21 heavy (non-hydrogen) atoms. The predicted molar refractivity (Wildman–Crippen MR) is 84.4 cm³/mol.